The summed E-state index contributed by atoms with van der Waals surface area (Å²) < 4.78 is 34.7. The van der Waals surface area contributed by atoms with Gasteiger partial charge in [-0.25, -0.2) is 0 Å². The maximum absolute atomic E-state index is 9.38. The van der Waals surface area contributed by atoms with Gasteiger partial charge in [0.25, 0.3) is 6.71 Å². The van der Waals surface area contributed by atoms with E-state index in [1.165, 1.54) is 38.7 Å². The lowest BCUT2D eigenvalue weighted by molar-refractivity contribution is 0.332. The van der Waals surface area contributed by atoms with Gasteiger partial charge in [-0.05, 0) is 193 Å². The quantitative estimate of drug-likeness (QED) is 0.164. The van der Waals surface area contributed by atoms with Gasteiger partial charge in [-0.2, -0.15) is 0 Å². The van der Waals surface area contributed by atoms with E-state index >= 15 is 0 Å². The van der Waals surface area contributed by atoms with Crippen molar-refractivity contribution in [2.75, 3.05) is 9.80 Å². The van der Waals surface area contributed by atoms with E-state index < -0.39 is 6.85 Å². The molecule has 370 valence electrons. The average Bonchev–Trinajstić information content (AvgIpc) is 3.94. The highest BCUT2D eigenvalue weighted by Gasteiger charge is 2.48. The summed E-state index contributed by atoms with van der Waals surface area (Å²) in [6, 6.07) is 53.8. The van der Waals surface area contributed by atoms with Crippen molar-refractivity contribution in [1.29, 1.82) is 0 Å². The maximum atomic E-state index is 9.38. The van der Waals surface area contributed by atoms with Gasteiger partial charge in [-0.1, -0.05) is 167 Å². The molecule has 0 unspecified atom stereocenters. The lowest BCUT2D eigenvalue weighted by Gasteiger charge is -2.48. The second kappa shape index (κ2) is 15.9. The van der Waals surface area contributed by atoms with Crippen molar-refractivity contribution < 1.29 is 8.53 Å². The molecule has 4 aliphatic rings. The van der Waals surface area contributed by atoms with Gasteiger partial charge in [-0.3, -0.25) is 0 Å². The largest absolute Gasteiger partial charge is 0.456 e. The van der Waals surface area contributed by atoms with Gasteiger partial charge in [0.15, 0.2) is 0 Å². The Morgan fingerprint density at radius 1 is 0.486 bits per heavy atom. The Balaban J connectivity index is 1.19. The fraction of sp³-hybridized carbons (Fsp3) is 0.314. The molecule has 0 saturated heterocycles. The third-order valence-corrected chi connectivity index (χ3v) is 18.4. The minimum absolute atomic E-state index is 0.00327. The van der Waals surface area contributed by atoms with Gasteiger partial charge in [0.05, 0.1) is 5.69 Å². The molecule has 0 spiro atoms. The van der Waals surface area contributed by atoms with Crippen molar-refractivity contribution >= 4 is 79.2 Å². The summed E-state index contributed by atoms with van der Waals surface area (Å²) in [4.78, 5) is 4.94. The molecule has 0 saturated carbocycles. The van der Waals surface area contributed by atoms with E-state index in [2.05, 4.69) is 220 Å². The van der Waals surface area contributed by atoms with E-state index in [-0.39, 0.29) is 33.8 Å². The predicted molar refractivity (Wildman–Crippen MR) is 317 cm³/mol. The van der Waals surface area contributed by atoms with Crippen LogP contribution >= 0.6 is 0 Å². The molecule has 3 nitrogen and oxygen atoms in total. The second-order valence-corrected chi connectivity index (χ2v) is 26.1. The van der Waals surface area contributed by atoms with Crippen molar-refractivity contribution in [3.05, 3.63) is 185 Å². The van der Waals surface area contributed by atoms with Gasteiger partial charge in [0.2, 0.25) is 0 Å². The number of hydrogen-bond acceptors (Lipinski definition) is 3. The highest BCUT2D eigenvalue weighted by atomic mass is 16.3. The summed E-state index contributed by atoms with van der Waals surface area (Å²) in [5.74, 6) is 0. The number of furan rings is 1. The molecule has 74 heavy (non-hydrogen) atoms. The van der Waals surface area contributed by atoms with Gasteiger partial charge in [-0.15, -0.1) is 0 Å². The minimum atomic E-state index is -2.42. The molecule has 4 heteroatoms. The zero-order chi connectivity index (χ0) is 54.1. The van der Waals surface area contributed by atoms with Crippen molar-refractivity contribution in [3.63, 3.8) is 0 Å². The van der Waals surface area contributed by atoms with E-state index in [9.17, 15) is 4.11 Å². The van der Waals surface area contributed by atoms with Gasteiger partial charge in [0.1, 0.15) is 11.2 Å². The molecule has 0 amide bonds. The summed E-state index contributed by atoms with van der Waals surface area (Å²) in [7, 11) is 0. The van der Waals surface area contributed by atoms with Gasteiger partial charge >= 0.3 is 0 Å². The predicted octanol–water partition coefficient (Wildman–Crippen LogP) is 17.6. The Morgan fingerprint density at radius 2 is 1.07 bits per heavy atom. The second-order valence-electron chi connectivity index (χ2n) is 26.1. The van der Waals surface area contributed by atoms with Crippen LogP contribution in [-0.2, 0) is 27.1 Å². The van der Waals surface area contributed by atoms with Crippen LogP contribution < -0.4 is 26.2 Å². The number of rotatable bonds is 4. The molecule has 0 bridgehead atoms. The first-order chi connectivity index (χ1) is 36.3. The van der Waals surface area contributed by atoms with Crippen LogP contribution in [0, 0.1) is 13.8 Å². The zero-order valence-electron chi connectivity index (χ0n) is 48.6. The molecule has 2 aliphatic carbocycles. The van der Waals surface area contributed by atoms with Crippen LogP contribution in [0.15, 0.2) is 150 Å². The Morgan fingerprint density at radius 3 is 1.73 bits per heavy atom. The lowest BCUT2D eigenvalue weighted by Crippen LogP contribution is -2.62. The number of benzene rings is 8. The van der Waals surface area contributed by atoms with Gasteiger partial charge < -0.3 is 14.2 Å². The van der Waals surface area contributed by atoms with E-state index in [4.69, 9.17) is 4.42 Å². The highest BCUT2D eigenvalue weighted by molar-refractivity contribution is 7.00. The zero-order valence-corrected chi connectivity index (χ0v) is 45.6. The van der Waals surface area contributed by atoms with Crippen LogP contribution in [0.25, 0.3) is 44.2 Å². The van der Waals surface area contributed by atoms with Crippen molar-refractivity contribution in [1.82, 2.24) is 0 Å². The Kier molecular flexibility index (Phi) is 9.35. The number of fused-ring (bicyclic) bond motifs is 9. The maximum Gasteiger partial charge on any atom is 0.252 e. The smallest absolute Gasteiger partial charge is 0.252 e. The third kappa shape index (κ3) is 6.99. The lowest BCUT2D eigenvalue weighted by atomic mass is 9.33. The van der Waals surface area contributed by atoms with Gasteiger partial charge in [0, 0.05) is 48.9 Å². The number of nitrogens with zero attached hydrogens (tertiary/aromatic N) is 2. The number of hydrogen-bond donors (Lipinski definition) is 0. The fourth-order valence-corrected chi connectivity index (χ4v) is 13.8. The summed E-state index contributed by atoms with van der Waals surface area (Å²) in [5, 5.41) is 2.18. The Bertz CT molecular complexity index is 3940. The SMILES string of the molecule is [2H]C([2H])([2H])c1cc2c3c(c1)N(c1ccc(C(C)(C)C)cc1-c1ccccc1)c1cc4c(cc1B3c1ccc(-c3cccc5oc6ccccc6c35)cc1N2c1cc2c(cc1C)C(C)(C)CCC2(C)C)C(C)(C)CCC4(C)C. The van der Waals surface area contributed by atoms with Crippen LogP contribution in [0.2, 0.25) is 0 Å². The molecular weight excluding hydrogens is 896 g/mol. The highest BCUT2D eigenvalue weighted by Crippen LogP contribution is 2.54. The standard InChI is InChI=1S/C70H71BN2O/c1-42-34-60-65-61(35-42)73(57-40-52-50(36-43(57)2)67(6,7)30-32-69(52,10)11)58-37-45(47-23-19-25-63-64(47)48-22-17-18-24-62(48)74-63)26-28-54(58)71(65)55-39-51-53(70(12,13)33-31-68(51,8)9)41-59(55)72(60)56-29-27-46(66(3,4)5)38-49(56)44-20-15-14-16-21-44/h14-29,34-41H,30-33H2,1-13H3/i1D3. The first-order valence-electron chi connectivity index (χ1n) is 28.7. The summed E-state index contributed by atoms with van der Waals surface area (Å²) in [6.45, 7) is 25.7. The van der Waals surface area contributed by atoms with Crippen molar-refractivity contribution in [2.45, 2.75) is 143 Å². The molecule has 0 N–H and O–H groups in total. The molecular formula is C70H71BN2O. The summed E-state index contributed by atoms with van der Waals surface area (Å²) in [6.07, 6.45) is 4.34. The molecule has 0 atom stereocenters. The Hall–Kier alpha value is -6.78. The minimum Gasteiger partial charge on any atom is -0.456 e. The van der Waals surface area contributed by atoms with Crippen LogP contribution in [0.1, 0.15) is 145 Å². The molecule has 3 heterocycles. The fourth-order valence-electron chi connectivity index (χ4n) is 13.8. The van der Waals surface area contributed by atoms with E-state index in [1.807, 2.05) is 18.2 Å². The molecule has 8 aromatic carbocycles. The van der Waals surface area contributed by atoms with Crippen LogP contribution in [0.5, 0.6) is 0 Å². The van der Waals surface area contributed by atoms with Crippen molar-refractivity contribution in [2.24, 2.45) is 0 Å². The summed E-state index contributed by atoms with van der Waals surface area (Å²) in [5.41, 5.74) is 23.7. The average molecular weight is 970 g/mol. The number of para-hydroxylation sites is 1. The topological polar surface area (TPSA) is 19.6 Å². The number of aryl methyl sites for hydroxylation is 2. The molecule has 13 rings (SSSR count). The third-order valence-electron chi connectivity index (χ3n) is 18.4. The molecule has 0 fully saturated rings. The van der Waals surface area contributed by atoms with Crippen LogP contribution in [-0.4, -0.2) is 6.71 Å². The molecule has 1 aromatic heterocycles. The molecule has 2 aliphatic heterocycles. The number of anilines is 6. The van der Waals surface area contributed by atoms with Crippen LogP contribution in [0.4, 0.5) is 34.1 Å². The van der Waals surface area contributed by atoms with Crippen LogP contribution in [0.3, 0.4) is 0 Å². The molecule has 9 aromatic rings. The van der Waals surface area contributed by atoms with E-state index in [1.54, 1.807) is 0 Å². The van der Waals surface area contributed by atoms with E-state index in [0.717, 1.165) is 115 Å². The first-order valence-corrected chi connectivity index (χ1v) is 27.2. The first kappa shape index (κ1) is 43.6. The Labute approximate surface area is 444 Å². The van der Waals surface area contributed by atoms with Crippen molar-refractivity contribution in [3.8, 4) is 22.3 Å². The monoisotopic (exact) mass is 970 g/mol. The summed E-state index contributed by atoms with van der Waals surface area (Å²) >= 11 is 0. The molecule has 0 radical (unpaired) electrons. The normalized spacial score (nSPS) is 18.4. The van der Waals surface area contributed by atoms with E-state index in [0.29, 0.717) is 5.56 Å².